The Bertz CT molecular complexity index is 812. The standard InChI is InChI=1S/C13H12ClNO4S2/c1-7-5-12(8(2)20-7)21(18,19)15-9-3-4-11(14)10(6-9)13(16)17/h3-6,15H,1-2H3,(H,16,17). The maximum absolute atomic E-state index is 12.3. The first kappa shape index (κ1) is 15.8. The van der Waals surface area contributed by atoms with Crippen molar-refractivity contribution in [2.24, 2.45) is 0 Å². The lowest BCUT2D eigenvalue weighted by molar-refractivity contribution is 0.0697. The van der Waals surface area contributed by atoms with Gasteiger partial charge in [-0.25, -0.2) is 13.2 Å². The normalized spacial score (nSPS) is 11.4. The molecule has 0 saturated heterocycles. The van der Waals surface area contributed by atoms with Crippen LogP contribution in [0.25, 0.3) is 0 Å². The van der Waals surface area contributed by atoms with Crippen molar-refractivity contribution in [2.45, 2.75) is 18.7 Å². The topological polar surface area (TPSA) is 83.5 Å². The van der Waals surface area contributed by atoms with Gasteiger partial charge < -0.3 is 5.11 Å². The van der Waals surface area contributed by atoms with Crippen molar-refractivity contribution in [3.05, 3.63) is 44.6 Å². The third-order valence-corrected chi connectivity index (χ3v) is 5.67. The highest BCUT2D eigenvalue weighted by molar-refractivity contribution is 7.93. The van der Waals surface area contributed by atoms with Crippen molar-refractivity contribution in [2.75, 3.05) is 4.72 Å². The van der Waals surface area contributed by atoms with Gasteiger partial charge in [0.1, 0.15) is 4.90 Å². The zero-order chi connectivity index (χ0) is 15.8. The fraction of sp³-hybridized carbons (Fsp3) is 0.154. The van der Waals surface area contributed by atoms with Crippen LogP contribution in [0.3, 0.4) is 0 Å². The molecule has 0 saturated carbocycles. The zero-order valence-corrected chi connectivity index (χ0v) is 13.6. The highest BCUT2D eigenvalue weighted by Gasteiger charge is 2.20. The Hall–Kier alpha value is -1.57. The van der Waals surface area contributed by atoms with Crippen LogP contribution in [0.1, 0.15) is 20.1 Å². The maximum atomic E-state index is 12.3. The second-order valence-corrected chi connectivity index (χ2v) is 7.90. The summed E-state index contributed by atoms with van der Waals surface area (Å²) in [7, 11) is -3.75. The van der Waals surface area contributed by atoms with Crippen LogP contribution in [0.15, 0.2) is 29.2 Å². The highest BCUT2D eigenvalue weighted by Crippen LogP contribution is 2.28. The number of thiophene rings is 1. The molecule has 8 heteroatoms. The summed E-state index contributed by atoms with van der Waals surface area (Å²) in [4.78, 5) is 12.8. The third kappa shape index (κ3) is 3.37. The van der Waals surface area contributed by atoms with Crippen molar-refractivity contribution in [3.8, 4) is 0 Å². The quantitative estimate of drug-likeness (QED) is 0.888. The molecule has 0 amide bonds. The van der Waals surface area contributed by atoms with Gasteiger partial charge in [0.25, 0.3) is 10.0 Å². The average molecular weight is 346 g/mol. The van der Waals surface area contributed by atoms with Crippen LogP contribution in [0.5, 0.6) is 0 Å². The Balaban J connectivity index is 2.40. The van der Waals surface area contributed by atoms with Gasteiger partial charge >= 0.3 is 5.97 Å². The Morgan fingerprint density at radius 2 is 1.95 bits per heavy atom. The minimum Gasteiger partial charge on any atom is -0.478 e. The molecular weight excluding hydrogens is 334 g/mol. The first-order valence-corrected chi connectivity index (χ1v) is 8.51. The molecule has 1 aromatic carbocycles. The van der Waals surface area contributed by atoms with Crippen molar-refractivity contribution in [3.63, 3.8) is 0 Å². The van der Waals surface area contributed by atoms with Gasteiger partial charge in [0.2, 0.25) is 0 Å². The molecule has 2 rings (SSSR count). The molecule has 0 aliphatic rings. The molecule has 112 valence electrons. The van der Waals surface area contributed by atoms with Crippen LogP contribution >= 0.6 is 22.9 Å². The van der Waals surface area contributed by atoms with E-state index in [-0.39, 0.29) is 21.2 Å². The van der Waals surface area contributed by atoms with Gasteiger partial charge in [-0.2, -0.15) is 0 Å². The molecule has 0 unspecified atom stereocenters. The van der Waals surface area contributed by atoms with Gasteiger partial charge in [-0.3, -0.25) is 4.72 Å². The molecule has 0 aliphatic heterocycles. The Labute approximate surface area is 131 Å². The molecule has 1 heterocycles. The summed E-state index contributed by atoms with van der Waals surface area (Å²) in [5.41, 5.74) is -0.00450. The number of rotatable bonds is 4. The van der Waals surface area contributed by atoms with E-state index in [0.717, 1.165) is 4.88 Å². The monoisotopic (exact) mass is 345 g/mol. The van der Waals surface area contributed by atoms with E-state index in [1.807, 2.05) is 6.92 Å². The van der Waals surface area contributed by atoms with Crippen molar-refractivity contribution in [1.29, 1.82) is 0 Å². The molecule has 0 atom stereocenters. The minimum absolute atomic E-state index is 0.0491. The van der Waals surface area contributed by atoms with Crippen molar-refractivity contribution < 1.29 is 18.3 Å². The van der Waals surface area contributed by atoms with E-state index in [2.05, 4.69) is 4.72 Å². The van der Waals surface area contributed by atoms with Gasteiger partial charge in [0.05, 0.1) is 10.6 Å². The maximum Gasteiger partial charge on any atom is 0.337 e. The van der Waals surface area contributed by atoms with E-state index >= 15 is 0 Å². The molecule has 0 bridgehead atoms. The average Bonchev–Trinajstić information content (AvgIpc) is 2.71. The minimum atomic E-state index is -3.75. The summed E-state index contributed by atoms with van der Waals surface area (Å²) in [5, 5.41) is 9.04. The van der Waals surface area contributed by atoms with Crippen LogP contribution in [-0.2, 0) is 10.0 Å². The lowest BCUT2D eigenvalue weighted by Crippen LogP contribution is -2.13. The molecular formula is C13H12ClNO4S2. The van der Waals surface area contributed by atoms with Gasteiger partial charge in [-0.1, -0.05) is 11.6 Å². The van der Waals surface area contributed by atoms with Gasteiger partial charge in [-0.05, 0) is 38.1 Å². The number of carbonyl (C=O) groups is 1. The molecule has 2 aromatic rings. The highest BCUT2D eigenvalue weighted by atomic mass is 35.5. The number of hydrogen-bond acceptors (Lipinski definition) is 4. The first-order valence-electron chi connectivity index (χ1n) is 5.83. The van der Waals surface area contributed by atoms with E-state index in [4.69, 9.17) is 16.7 Å². The predicted octanol–water partition coefficient (Wildman–Crippen LogP) is 3.52. The van der Waals surface area contributed by atoms with Crippen LogP contribution in [0, 0.1) is 13.8 Å². The van der Waals surface area contributed by atoms with E-state index in [0.29, 0.717) is 4.88 Å². The second-order valence-electron chi connectivity index (χ2n) is 4.38. The summed E-state index contributed by atoms with van der Waals surface area (Å²) >= 11 is 7.13. The second kappa shape index (κ2) is 5.67. The number of nitrogens with one attached hydrogen (secondary N) is 1. The lowest BCUT2D eigenvalue weighted by Gasteiger charge is -2.09. The van der Waals surface area contributed by atoms with Gasteiger partial charge in [-0.15, -0.1) is 11.3 Å². The predicted molar refractivity (Wildman–Crippen MR) is 83.0 cm³/mol. The fourth-order valence-electron chi connectivity index (χ4n) is 1.84. The van der Waals surface area contributed by atoms with Crippen LogP contribution in [0.4, 0.5) is 5.69 Å². The molecule has 0 radical (unpaired) electrons. The van der Waals surface area contributed by atoms with E-state index in [1.54, 1.807) is 13.0 Å². The smallest absolute Gasteiger partial charge is 0.337 e. The number of aromatic carboxylic acids is 1. The van der Waals surface area contributed by atoms with E-state index in [1.165, 1.54) is 29.5 Å². The number of benzene rings is 1. The van der Waals surface area contributed by atoms with Crippen molar-refractivity contribution in [1.82, 2.24) is 0 Å². The SMILES string of the molecule is Cc1cc(S(=O)(=O)Nc2ccc(Cl)c(C(=O)O)c2)c(C)s1. The summed E-state index contributed by atoms with van der Waals surface area (Å²) in [6.07, 6.45) is 0. The number of sulfonamides is 1. The first-order chi connectivity index (χ1) is 9.70. The number of anilines is 1. The number of aryl methyl sites for hydroxylation is 2. The van der Waals surface area contributed by atoms with Gasteiger partial charge in [0.15, 0.2) is 0 Å². The third-order valence-electron chi connectivity index (χ3n) is 2.73. The zero-order valence-electron chi connectivity index (χ0n) is 11.2. The fourth-order valence-corrected chi connectivity index (χ4v) is 4.64. The number of halogens is 1. The molecule has 1 aromatic heterocycles. The van der Waals surface area contributed by atoms with Crippen LogP contribution in [-0.4, -0.2) is 19.5 Å². The number of carboxylic acid groups (broad SMARTS) is 1. The van der Waals surface area contributed by atoms with E-state index in [9.17, 15) is 13.2 Å². The lowest BCUT2D eigenvalue weighted by atomic mass is 10.2. The molecule has 21 heavy (non-hydrogen) atoms. The Kier molecular flexibility index (Phi) is 4.27. The largest absolute Gasteiger partial charge is 0.478 e. The van der Waals surface area contributed by atoms with Gasteiger partial charge in [0, 0.05) is 15.4 Å². The molecule has 0 aliphatic carbocycles. The molecule has 5 nitrogen and oxygen atoms in total. The Morgan fingerprint density at radius 1 is 1.29 bits per heavy atom. The summed E-state index contributed by atoms with van der Waals surface area (Å²) < 4.78 is 27.0. The summed E-state index contributed by atoms with van der Waals surface area (Å²) in [5.74, 6) is -1.22. The summed E-state index contributed by atoms with van der Waals surface area (Å²) in [6.45, 7) is 3.54. The van der Waals surface area contributed by atoms with E-state index < -0.39 is 16.0 Å². The Morgan fingerprint density at radius 3 is 2.48 bits per heavy atom. The van der Waals surface area contributed by atoms with Crippen LogP contribution < -0.4 is 4.72 Å². The van der Waals surface area contributed by atoms with Crippen LogP contribution in [0.2, 0.25) is 5.02 Å². The molecule has 2 N–H and O–H groups in total. The number of carboxylic acids is 1. The number of hydrogen-bond donors (Lipinski definition) is 2. The van der Waals surface area contributed by atoms with Crippen molar-refractivity contribution >= 4 is 44.6 Å². The molecule has 0 spiro atoms. The summed E-state index contributed by atoms with van der Waals surface area (Å²) in [6, 6.07) is 5.53. The molecule has 0 fully saturated rings.